The first-order valence-electron chi connectivity index (χ1n) is 5.57. The van der Waals surface area contributed by atoms with Crippen LogP contribution in [-0.4, -0.2) is 4.98 Å². The van der Waals surface area contributed by atoms with Crippen molar-refractivity contribution in [1.29, 1.82) is 0 Å². The Labute approximate surface area is 94.0 Å². The number of halogens is 1. The van der Waals surface area contributed by atoms with E-state index in [1.54, 1.807) is 0 Å². The van der Waals surface area contributed by atoms with Gasteiger partial charge in [-0.15, -0.1) is 0 Å². The average Bonchev–Trinajstić information content (AvgIpc) is 2.75. The van der Waals surface area contributed by atoms with E-state index < -0.39 is 5.95 Å². The molecule has 0 saturated carbocycles. The lowest BCUT2D eigenvalue weighted by Crippen LogP contribution is -1.87. The molecule has 0 amide bonds. The highest BCUT2D eigenvalue weighted by Gasteiger charge is 2.11. The predicted octanol–water partition coefficient (Wildman–Crippen LogP) is 3.38. The highest BCUT2D eigenvalue weighted by Crippen LogP contribution is 2.27. The summed E-state index contributed by atoms with van der Waals surface area (Å²) in [6.07, 6.45) is 5.08. The zero-order valence-electron chi connectivity index (χ0n) is 8.91. The standard InChI is InChI=1S/C14H12FN/c15-14-9-13(6-7-16-14)12-5-4-10-2-1-3-11(10)8-12/h4-9H,1-3H2. The number of pyridine rings is 1. The molecule has 0 bridgehead atoms. The van der Waals surface area contributed by atoms with Crippen molar-refractivity contribution in [3.63, 3.8) is 0 Å². The van der Waals surface area contributed by atoms with Crippen LogP contribution in [0.2, 0.25) is 0 Å². The zero-order valence-corrected chi connectivity index (χ0v) is 8.91. The van der Waals surface area contributed by atoms with Gasteiger partial charge in [0.25, 0.3) is 0 Å². The van der Waals surface area contributed by atoms with Gasteiger partial charge in [-0.2, -0.15) is 4.39 Å². The highest BCUT2D eigenvalue weighted by molar-refractivity contribution is 5.64. The van der Waals surface area contributed by atoms with E-state index in [0.29, 0.717) is 0 Å². The molecule has 3 rings (SSSR count). The van der Waals surface area contributed by atoms with E-state index in [1.165, 1.54) is 36.2 Å². The largest absolute Gasteiger partial charge is 0.228 e. The molecule has 2 heteroatoms. The lowest BCUT2D eigenvalue weighted by molar-refractivity contribution is 0.584. The molecule has 0 radical (unpaired) electrons. The van der Waals surface area contributed by atoms with E-state index in [9.17, 15) is 4.39 Å². The van der Waals surface area contributed by atoms with Gasteiger partial charge in [0.1, 0.15) is 0 Å². The van der Waals surface area contributed by atoms with Crippen molar-refractivity contribution >= 4 is 0 Å². The molecule has 2 aromatic rings. The summed E-state index contributed by atoms with van der Waals surface area (Å²) in [5, 5.41) is 0. The normalized spacial score (nSPS) is 13.8. The Morgan fingerprint density at radius 2 is 1.75 bits per heavy atom. The summed E-state index contributed by atoms with van der Waals surface area (Å²) in [5.74, 6) is -0.419. The quantitative estimate of drug-likeness (QED) is 0.662. The molecule has 1 heterocycles. The maximum Gasteiger partial charge on any atom is 0.213 e. The third kappa shape index (κ3) is 1.60. The second kappa shape index (κ2) is 3.71. The molecule has 0 N–H and O–H groups in total. The Morgan fingerprint density at radius 3 is 2.62 bits per heavy atom. The van der Waals surface area contributed by atoms with Gasteiger partial charge in [0.05, 0.1) is 0 Å². The van der Waals surface area contributed by atoms with E-state index in [0.717, 1.165) is 17.5 Å². The Hall–Kier alpha value is -1.70. The van der Waals surface area contributed by atoms with Gasteiger partial charge in [-0.1, -0.05) is 18.2 Å². The van der Waals surface area contributed by atoms with Crippen molar-refractivity contribution in [3.8, 4) is 11.1 Å². The molecule has 0 atom stereocenters. The Bertz CT molecular complexity index is 534. The molecule has 16 heavy (non-hydrogen) atoms. The van der Waals surface area contributed by atoms with Gasteiger partial charge in [-0.3, -0.25) is 0 Å². The molecule has 0 spiro atoms. The molecule has 1 aromatic heterocycles. The Kier molecular flexibility index (Phi) is 2.21. The topological polar surface area (TPSA) is 12.9 Å². The fourth-order valence-electron chi connectivity index (χ4n) is 2.33. The summed E-state index contributed by atoms with van der Waals surface area (Å²) in [6.45, 7) is 0. The number of hydrogen-bond acceptors (Lipinski definition) is 1. The van der Waals surface area contributed by atoms with E-state index in [1.807, 2.05) is 6.07 Å². The number of fused-ring (bicyclic) bond motifs is 1. The number of nitrogens with zero attached hydrogens (tertiary/aromatic N) is 1. The maximum absolute atomic E-state index is 13.0. The second-order valence-corrected chi connectivity index (χ2v) is 4.20. The molecule has 0 saturated heterocycles. The van der Waals surface area contributed by atoms with Crippen molar-refractivity contribution in [2.75, 3.05) is 0 Å². The summed E-state index contributed by atoms with van der Waals surface area (Å²) in [4.78, 5) is 3.57. The average molecular weight is 213 g/mol. The molecule has 0 fully saturated rings. The van der Waals surface area contributed by atoms with Gasteiger partial charge in [0.2, 0.25) is 5.95 Å². The number of benzene rings is 1. The van der Waals surface area contributed by atoms with E-state index in [-0.39, 0.29) is 0 Å². The van der Waals surface area contributed by atoms with Gasteiger partial charge in [-0.05, 0) is 47.6 Å². The smallest absolute Gasteiger partial charge is 0.213 e. The fraction of sp³-hybridized carbons (Fsp3) is 0.214. The third-order valence-electron chi connectivity index (χ3n) is 3.16. The minimum Gasteiger partial charge on any atom is -0.228 e. The summed E-state index contributed by atoms with van der Waals surface area (Å²) in [7, 11) is 0. The molecular formula is C14H12FN. The van der Waals surface area contributed by atoms with Crippen molar-refractivity contribution in [2.24, 2.45) is 0 Å². The molecule has 0 aliphatic heterocycles. The molecule has 1 aliphatic rings. The summed E-state index contributed by atoms with van der Waals surface area (Å²) in [6, 6.07) is 9.74. The summed E-state index contributed by atoms with van der Waals surface area (Å²) < 4.78 is 13.0. The first kappa shape index (κ1) is 9.52. The van der Waals surface area contributed by atoms with Gasteiger partial charge in [0.15, 0.2) is 0 Å². The van der Waals surface area contributed by atoms with E-state index in [2.05, 4.69) is 23.2 Å². The SMILES string of the molecule is Fc1cc(-c2ccc3c(c2)CCC3)ccn1. The zero-order chi connectivity index (χ0) is 11.0. The number of rotatable bonds is 1. The van der Waals surface area contributed by atoms with Crippen LogP contribution in [0.4, 0.5) is 4.39 Å². The third-order valence-corrected chi connectivity index (χ3v) is 3.16. The number of aryl methyl sites for hydroxylation is 2. The molecule has 80 valence electrons. The lowest BCUT2D eigenvalue weighted by Gasteiger charge is -2.04. The Morgan fingerprint density at radius 1 is 0.938 bits per heavy atom. The van der Waals surface area contributed by atoms with Crippen LogP contribution in [-0.2, 0) is 12.8 Å². The van der Waals surface area contributed by atoms with Crippen LogP contribution >= 0.6 is 0 Å². The Balaban J connectivity index is 2.07. The van der Waals surface area contributed by atoms with Crippen molar-refractivity contribution in [2.45, 2.75) is 19.3 Å². The van der Waals surface area contributed by atoms with Crippen LogP contribution in [0.15, 0.2) is 36.5 Å². The molecule has 1 nitrogen and oxygen atoms in total. The van der Waals surface area contributed by atoms with E-state index in [4.69, 9.17) is 0 Å². The molecular weight excluding hydrogens is 201 g/mol. The summed E-state index contributed by atoms with van der Waals surface area (Å²) in [5.41, 5.74) is 4.84. The maximum atomic E-state index is 13.0. The van der Waals surface area contributed by atoms with Crippen molar-refractivity contribution < 1.29 is 4.39 Å². The first-order valence-corrected chi connectivity index (χ1v) is 5.57. The minimum absolute atomic E-state index is 0.419. The van der Waals surface area contributed by atoms with Gasteiger partial charge < -0.3 is 0 Å². The van der Waals surface area contributed by atoms with Crippen LogP contribution in [0.25, 0.3) is 11.1 Å². The van der Waals surface area contributed by atoms with Crippen molar-refractivity contribution in [1.82, 2.24) is 4.98 Å². The monoisotopic (exact) mass is 213 g/mol. The minimum atomic E-state index is -0.419. The van der Waals surface area contributed by atoms with Crippen LogP contribution in [0.3, 0.4) is 0 Å². The van der Waals surface area contributed by atoms with Gasteiger partial charge >= 0.3 is 0 Å². The summed E-state index contributed by atoms with van der Waals surface area (Å²) >= 11 is 0. The van der Waals surface area contributed by atoms with Crippen LogP contribution in [0.5, 0.6) is 0 Å². The highest BCUT2D eigenvalue weighted by atomic mass is 19.1. The number of aromatic nitrogens is 1. The van der Waals surface area contributed by atoms with Gasteiger partial charge in [-0.25, -0.2) is 4.98 Å². The van der Waals surface area contributed by atoms with Crippen LogP contribution < -0.4 is 0 Å². The van der Waals surface area contributed by atoms with Crippen molar-refractivity contribution in [3.05, 3.63) is 53.6 Å². The lowest BCUT2D eigenvalue weighted by atomic mass is 10.0. The molecule has 1 aliphatic carbocycles. The predicted molar refractivity (Wildman–Crippen MR) is 61.7 cm³/mol. The molecule has 1 aromatic carbocycles. The number of hydrogen-bond donors (Lipinski definition) is 0. The van der Waals surface area contributed by atoms with Gasteiger partial charge in [0, 0.05) is 12.3 Å². The van der Waals surface area contributed by atoms with E-state index >= 15 is 0 Å². The second-order valence-electron chi connectivity index (χ2n) is 4.20. The molecule has 0 unspecified atom stereocenters. The fourth-order valence-corrected chi connectivity index (χ4v) is 2.33. The van der Waals surface area contributed by atoms with Crippen LogP contribution in [0.1, 0.15) is 17.5 Å². The van der Waals surface area contributed by atoms with Crippen LogP contribution in [0, 0.1) is 5.95 Å². The first-order chi connectivity index (χ1) is 7.83.